The predicted octanol–water partition coefficient (Wildman–Crippen LogP) is 4.97. The molecular formula is C24H25NO4. The zero-order chi connectivity index (χ0) is 20.5. The second kappa shape index (κ2) is 10.2. The fourth-order valence-corrected chi connectivity index (χ4v) is 2.93. The molecule has 0 saturated carbocycles. The smallest absolute Gasteiger partial charge is 0.259 e. The lowest BCUT2D eigenvalue weighted by Crippen LogP contribution is -2.13. The average molecular weight is 391 g/mol. The predicted molar refractivity (Wildman–Crippen MR) is 114 cm³/mol. The van der Waals surface area contributed by atoms with E-state index in [4.69, 9.17) is 14.2 Å². The molecular weight excluding hydrogens is 366 g/mol. The molecule has 0 unspecified atom stereocenters. The van der Waals surface area contributed by atoms with Crippen molar-refractivity contribution in [2.24, 2.45) is 0 Å². The van der Waals surface area contributed by atoms with Crippen molar-refractivity contribution >= 4 is 11.6 Å². The zero-order valence-corrected chi connectivity index (χ0v) is 16.7. The first-order chi connectivity index (χ1) is 14.2. The van der Waals surface area contributed by atoms with E-state index in [-0.39, 0.29) is 5.91 Å². The Kier molecular flexibility index (Phi) is 7.11. The van der Waals surface area contributed by atoms with Gasteiger partial charge in [-0.1, -0.05) is 30.3 Å². The molecule has 0 aliphatic carbocycles. The Balaban J connectivity index is 1.51. The number of rotatable bonds is 9. The Bertz CT molecular complexity index is 923. The molecule has 0 aliphatic heterocycles. The first-order valence-corrected chi connectivity index (χ1v) is 9.50. The summed E-state index contributed by atoms with van der Waals surface area (Å²) in [7, 11) is 3.09. The van der Waals surface area contributed by atoms with Crippen LogP contribution in [0.3, 0.4) is 0 Å². The van der Waals surface area contributed by atoms with Gasteiger partial charge in [0.15, 0.2) is 0 Å². The molecule has 5 nitrogen and oxygen atoms in total. The van der Waals surface area contributed by atoms with Crippen LogP contribution in [0.2, 0.25) is 0 Å². The molecule has 0 aromatic heterocycles. The number of ether oxygens (including phenoxy) is 3. The number of hydrogen-bond donors (Lipinski definition) is 1. The van der Waals surface area contributed by atoms with Gasteiger partial charge >= 0.3 is 0 Å². The minimum Gasteiger partial charge on any atom is -0.497 e. The molecule has 3 aromatic carbocycles. The summed E-state index contributed by atoms with van der Waals surface area (Å²) < 4.78 is 16.2. The summed E-state index contributed by atoms with van der Waals surface area (Å²) in [6.45, 7) is 0.643. The minimum atomic E-state index is -0.249. The molecule has 0 radical (unpaired) electrons. The van der Waals surface area contributed by atoms with Crippen LogP contribution in [-0.4, -0.2) is 26.7 Å². The third-order valence-corrected chi connectivity index (χ3v) is 4.49. The van der Waals surface area contributed by atoms with E-state index in [1.807, 2.05) is 42.5 Å². The van der Waals surface area contributed by atoms with Crippen molar-refractivity contribution in [1.82, 2.24) is 0 Å². The molecule has 0 spiro atoms. The van der Waals surface area contributed by atoms with Crippen LogP contribution in [0.1, 0.15) is 22.3 Å². The quantitative estimate of drug-likeness (QED) is 0.524. The van der Waals surface area contributed by atoms with Crippen LogP contribution in [0.15, 0.2) is 72.8 Å². The van der Waals surface area contributed by atoms with Crippen LogP contribution >= 0.6 is 0 Å². The van der Waals surface area contributed by atoms with Gasteiger partial charge in [-0.05, 0) is 54.8 Å². The lowest BCUT2D eigenvalue weighted by atomic mass is 10.1. The van der Waals surface area contributed by atoms with E-state index in [0.717, 1.165) is 18.6 Å². The van der Waals surface area contributed by atoms with E-state index in [1.165, 1.54) is 12.7 Å². The van der Waals surface area contributed by atoms with Crippen LogP contribution in [0, 0.1) is 0 Å². The van der Waals surface area contributed by atoms with Gasteiger partial charge in [0.25, 0.3) is 5.91 Å². The number of amides is 1. The molecule has 150 valence electrons. The Labute approximate surface area is 171 Å². The number of benzene rings is 3. The lowest BCUT2D eigenvalue weighted by Gasteiger charge is -2.11. The molecule has 0 saturated heterocycles. The maximum atomic E-state index is 12.6. The van der Waals surface area contributed by atoms with Gasteiger partial charge in [-0.25, -0.2) is 0 Å². The number of carbonyl (C=O) groups excluding carboxylic acids is 1. The highest BCUT2D eigenvalue weighted by Gasteiger charge is 2.13. The summed E-state index contributed by atoms with van der Waals surface area (Å²) in [5, 5.41) is 2.87. The van der Waals surface area contributed by atoms with Gasteiger partial charge in [0.1, 0.15) is 17.2 Å². The fourth-order valence-electron chi connectivity index (χ4n) is 2.93. The van der Waals surface area contributed by atoms with Gasteiger partial charge < -0.3 is 19.5 Å². The van der Waals surface area contributed by atoms with Gasteiger partial charge in [0.2, 0.25) is 0 Å². The molecule has 0 heterocycles. The van der Waals surface area contributed by atoms with Gasteiger partial charge in [0.05, 0.1) is 26.4 Å². The molecule has 1 N–H and O–H groups in total. The molecule has 29 heavy (non-hydrogen) atoms. The summed E-state index contributed by atoms with van der Waals surface area (Å²) in [5.74, 6) is 1.62. The first-order valence-electron chi connectivity index (χ1n) is 9.50. The van der Waals surface area contributed by atoms with Crippen molar-refractivity contribution in [1.29, 1.82) is 0 Å². The Morgan fingerprint density at radius 1 is 0.862 bits per heavy atom. The van der Waals surface area contributed by atoms with Gasteiger partial charge in [-0.3, -0.25) is 4.79 Å². The van der Waals surface area contributed by atoms with Crippen molar-refractivity contribution < 1.29 is 19.0 Å². The number of aryl methyl sites for hydroxylation is 1. The molecule has 0 bridgehead atoms. The molecule has 0 aliphatic rings. The maximum Gasteiger partial charge on any atom is 0.259 e. The van der Waals surface area contributed by atoms with Crippen molar-refractivity contribution in [2.75, 3.05) is 26.1 Å². The summed E-state index contributed by atoms with van der Waals surface area (Å²) in [4.78, 5) is 12.6. The molecule has 3 rings (SSSR count). The topological polar surface area (TPSA) is 56.8 Å². The highest BCUT2D eigenvalue weighted by Crippen LogP contribution is 2.26. The summed E-state index contributed by atoms with van der Waals surface area (Å²) in [6.07, 6.45) is 1.93. The molecule has 0 atom stereocenters. The summed E-state index contributed by atoms with van der Waals surface area (Å²) >= 11 is 0. The zero-order valence-electron chi connectivity index (χ0n) is 16.7. The maximum absolute atomic E-state index is 12.6. The van der Waals surface area contributed by atoms with Crippen LogP contribution in [0.25, 0.3) is 0 Å². The van der Waals surface area contributed by atoms with E-state index in [2.05, 4.69) is 17.4 Å². The largest absolute Gasteiger partial charge is 0.497 e. The highest BCUT2D eigenvalue weighted by molar-refractivity contribution is 6.06. The van der Waals surface area contributed by atoms with E-state index in [1.54, 1.807) is 25.3 Å². The van der Waals surface area contributed by atoms with E-state index < -0.39 is 0 Å². The highest BCUT2D eigenvalue weighted by atomic mass is 16.5. The third-order valence-electron chi connectivity index (χ3n) is 4.49. The van der Waals surface area contributed by atoms with E-state index >= 15 is 0 Å². The molecule has 0 fully saturated rings. The second-order valence-electron chi connectivity index (χ2n) is 6.48. The Morgan fingerprint density at radius 2 is 1.59 bits per heavy atom. The van der Waals surface area contributed by atoms with Crippen LogP contribution in [0.5, 0.6) is 17.2 Å². The average Bonchev–Trinajstić information content (AvgIpc) is 2.78. The van der Waals surface area contributed by atoms with Crippen molar-refractivity contribution in [3.63, 3.8) is 0 Å². The Hall–Kier alpha value is -3.47. The number of nitrogens with one attached hydrogen (secondary N) is 1. The Morgan fingerprint density at radius 3 is 2.28 bits per heavy atom. The number of methoxy groups -OCH3 is 2. The van der Waals surface area contributed by atoms with E-state index in [0.29, 0.717) is 29.4 Å². The summed E-state index contributed by atoms with van der Waals surface area (Å²) in [6, 6.07) is 22.8. The van der Waals surface area contributed by atoms with Gasteiger partial charge in [0, 0.05) is 11.8 Å². The SMILES string of the molecule is COc1ccc(C(=O)Nc2ccc(OCCCc3ccccc3)cc2)c(OC)c1. The van der Waals surface area contributed by atoms with Gasteiger partial charge in [-0.15, -0.1) is 0 Å². The number of carbonyl (C=O) groups is 1. The van der Waals surface area contributed by atoms with Crippen molar-refractivity contribution in [3.05, 3.63) is 83.9 Å². The first kappa shape index (κ1) is 20.3. The fraction of sp³-hybridized carbons (Fsp3) is 0.208. The number of hydrogen-bond acceptors (Lipinski definition) is 4. The van der Waals surface area contributed by atoms with Crippen LogP contribution in [-0.2, 0) is 6.42 Å². The van der Waals surface area contributed by atoms with Crippen molar-refractivity contribution in [2.45, 2.75) is 12.8 Å². The summed E-state index contributed by atoms with van der Waals surface area (Å²) in [5.41, 5.74) is 2.43. The van der Waals surface area contributed by atoms with Gasteiger partial charge in [-0.2, -0.15) is 0 Å². The third kappa shape index (κ3) is 5.75. The molecule has 5 heteroatoms. The standard InChI is InChI=1S/C24H25NO4/c1-27-21-14-15-22(23(17-21)28-2)24(26)25-19-10-12-20(13-11-19)29-16-6-9-18-7-4-3-5-8-18/h3-5,7-8,10-15,17H,6,9,16H2,1-2H3,(H,25,26). The van der Waals surface area contributed by atoms with Crippen molar-refractivity contribution in [3.8, 4) is 17.2 Å². The van der Waals surface area contributed by atoms with Crippen LogP contribution in [0.4, 0.5) is 5.69 Å². The number of anilines is 1. The minimum absolute atomic E-state index is 0.249. The lowest BCUT2D eigenvalue weighted by molar-refractivity contribution is 0.102. The monoisotopic (exact) mass is 391 g/mol. The molecule has 1 amide bonds. The second-order valence-corrected chi connectivity index (χ2v) is 6.48. The molecule has 3 aromatic rings. The van der Waals surface area contributed by atoms with E-state index in [9.17, 15) is 4.79 Å². The van der Waals surface area contributed by atoms with Crippen LogP contribution < -0.4 is 19.5 Å². The normalized spacial score (nSPS) is 10.3.